The van der Waals surface area contributed by atoms with Crippen LogP contribution in [0.4, 0.5) is 13.2 Å². The van der Waals surface area contributed by atoms with Crippen molar-refractivity contribution in [1.82, 2.24) is 0 Å². The molecule has 2 saturated heterocycles. The Morgan fingerprint density at radius 3 is 2.00 bits per heavy atom. The van der Waals surface area contributed by atoms with Crippen LogP contribution in [0.1, 0.15) is 0 Å². The highest BCUT2D eigenvalue weighted by Crippen LogP contribution is 2.38. The van der Waals surface area contributed by atoms with Crippen molar-refractivity contribution in [3.8, 4) is 0 Å². The van der Waals surface area contributed by atoms with Crippen molar-refractivity contribution in [3.05, 3.63) is 0 Å². The topological polar surface area (TPSA) is 149 Å². The maximum absolute atomic E-state index is 13.5. The summed E-state index contributed by atoms with van der Waals surface area (Å²) in [5, 5.41) is 56.8. The summed E-state index contributed by atoms with van der Waals surface area (Å²) in [7, 11) is 0. The molecule has 0 aromatic carbocycles. The highest BCUT2D eigenvalue weighted by molar-refractivity contribution is 4.97. The number of ether oxygens (including phenoxy) is 3. The summed E-state index contributed by atoms with van der Waals surface area (Å²) in [6.45, 7) is -1.78. The second kappa shape index (κ2) is 7.35. The zero-order chi connectivity index (χ0) is 18.2. The summed E-state index contributed by atoms with van der Waals surface area (Å²) < 4.78 is 54.5. The molecule has 12 heteroatoms. The third kappa shape index (κ3) is 3.38. The van der Waals surface area contributed by atoms with Gasteiger partial charge in [0.2, 0.25) is 0 Å². The number of rotatable bonds is 4. The third-order valence-electron chi connectivity index (χ3n) is 3.99. The molecule has 2 fully saturated rings. The monoisotopic (exact) mass is 364 g/mol. The Hall–Kier alpha value is -0.570. The van der Waals surface area contributed by atoms with E-state index in [1.807, 2.05) is 0 Å². The number of aliphatic hydroxyl groups excluding tert-OH is 6. The van der Waals surface area contributed by atoms with Crippen LogP contribution < -0.4 is 0 Å². The number of hydrogen-bond donors (Lipinski definition) is 6. The van der Waals surface area contributed by atoms with Gasteiger partial charge in [0, 0.05) is 0 Å². The largest absolute Gasteiger partial charge is 0.394 e. The van der Waals surface area contributed by atoms with Crippen molar-refractivity contribution >= 4 is 0 Å². The van der Waals surface area contributed by atoms with Crippen molar-refractivity contribution in [1.29, 1.82) is 0 Å². The number of aliphatic hydroxyl groups is 6. The van der Waals surface area contributed by atoms with E-state index >= 15 is 0 Å². The van der Waals surface area contributed by atoms with Crippen molar-refractivity contribution in [3.63, 3.8) is 0 Å². The highest BCUT2D eigenvalue weighted by Gasteiger charge is 2.60. The van der Waals surface area contributed by atoms with Crippen molar-refractivity contribution in [2.75, 3.05) is 13.2 Å². The lowest BCUT2D eigenvalue weighted by Crippen LogP contribution is -2.65. The molecule has 2 rings (SSSR count). The molecule has 0 aliphatic carbocycles. The Morgan fingerprint density at radius 1 is 0.875 bits per heavy atom. The Balaban J connectivity index is 2.17. The molecule has 9 nitrogen and oxygen atoms in total. The summed E-state index contributed by atoms with van der Waals surface area (Å²) in [6.07, 6.45) is -18.4. The molecule has 0 aromatic rings. The van der Waals surface area contributed by atoms with Gasteiger partial charge >= 0.3 is 5.92 Å². The average Bonchev–Trinajstić information content (AvgIpc) is 2.55. The van der Waals surface area contributed by atoms with E-state index in [4.69, 9.17) is 19.7 Å². The second-order valence-corrected chi connectivity index (χ2v) is 5.59. The van der Waals surface area contributed by atoms with Crippen LogP contribution in [0.15, 0.2) is 0 Å². The first-order valence-corrected chi connectivity index (χ1v) is 7.07. The van der Waals surface area contributed by atoms with Crippen LogP contribution >= 0.6 is 0 Å². The summed E-state index contributed by atoms with van der Waals surface area (Å²) in [6, 6.07) is 0. The molecular weight excluding hydrogens is 345 g/mol. The second-order valence-electron chi connectivity index (χ2n) is 5.59. The number of halogens is 3. The van der Waals surface area contributed by atoms with Gasteiger partial charge in [-0.3, -0.25) is 0 Å². The molecule has 9 atom stereocenters. The lowest BCUT2D eigenvalue weighted by Gasteiger charge is -2.45. The van der Waals surface area contributed by atoms with Crippen LogP contribution in [0.3, 0.4) is 0 Å². The van der Waals surface area contributed by atoms with Gasteiger partial charge in [-0.2, -0.15) is 8.78 Å². The van der Waals surface area contributed by atoms with Gasteiger partial charge in [0.15, 0.2) is 12.4 Å². The summed E-state index contributed by atoms with van der Waals surface area (Å²) in [5.74, 6) is -4.36. The fourth-order valence-electron chi connectivity index (χ4n) is 2.52. The number of hydrogen-bond acceptors (Lipinski definition) is 9. The van der Waals surface area contributed by atoms with Crippen LogP contribution in [0.25, 0.3) is 0 Å². The minimum Gasteiger partial charge on any atom is -0.394 e. The third-order valence-corrected chi connectivity index (χ3v) is 3.99. The van der Waals surface area contributed by atoms with Gasteiger partial charge < -0.3 is 44.8 Å². The van der Waals surface area contributed by atoms with E-state index in [9.17, 15) is 33.6 Å². The molecule has 0 saturated carbocycles. The van der Waals surface area contributed by atoms with E-state index in [-0.39, 0.29) is 0 Å². The van der Waals surface area contributed by atoms with E-state index in [0.29, 0.717) is 0 Å². The molecule has 2 aliphatic heterocycles. The zero-order valence-electron chi connectivity index (χ0n) is 12.2. The van der Waals surface area contributed by atoms with Crippen molar-refractivity contribution < 1.29 is 58.0 Å². The molecule has 142 valence electrons. The molecule has 2 aliphatic rings. The molecule has 0 aromatic heterocycles. The Morgan fingerprint density at radius 2 is 1.46 bits per heavy atom. The van der Waals surface area contributed by atoms with E-state index in [0.717, 1.165) is 0 Å². The first-order chi connectivity index (χ1) is 11.1. The van der Waals surface area contributed by atoms with Gasteiger partial charge in [0.05, 0.1) is 13.2 Å². The van der Waals surface area contributed by atoms with Gasteiger partial charge in [-0.1, -0.05) is 0 Å². The van der Waals surface area contributed by atoms with Gasteiger partial charge in [-0.25, -0.2) is 4.39 Å². The Kier molecular flexibility index (Phi) is 6.05. The molecular formula is C12H19F3O9. The molecule has 6 N–H and O–H groups in total. The summed E-state index contributed by atoms with van der Waals surface area (Å²) in [4.78, 5) is 0. The van der Waals surface area contributed by atoms with Crippen LogP contribution in [-0.4, -0.2) is 105 Å². The summed E-state index contributed by atoms with van der Waals surface area (Å²) in [5.41, 5.74) is 0. The minimum atomic E-state index is -4.36. The molecule has 0 unspecified atom stereocenters. The zero-order valence-corrected chi connectivity index (χ0v) is 12.2. The standard InChI is InChI=1S/C12H19F3O9/c13-11-12(14,15)9(21)8(4(2-17)23-11)24-10-7(20)6(19)5(18)3(1-16)22-10/h3-11,16-21H,1-2H2/t3-,4-,5-,6+,7-,8-,9+,10-,11+/m1/s1. The first kappa shape index (κ1) is 19.8. The molecule has 0 radical (unpaired) electrons. The van der Waals surface area contributed by atoms with Gasteiger partial charge in [0.25, 0.3) is 6.36 Å². The summed E-state index contributed by atoms with van der Waals surface area (Å²) >= 11 is 0. The smallest absolute Gasteiger partial charge is 0.330 e. The Labute approximate surface area is 133 Å². The maximum atomic E-state index is 13.5. The quantitative estimate of drug-likeness (QED) is 0.304. The van der Waals surface area contributed by atoms with Gasteiger partial charge in [-0.05, 0) is 0 Å². The van der Waals surface area contributed by atoms with Gasteiger partial charge in [0.1, 0.15) is 36.6 Å². The Bertz CT molecular complexity index is 427. The predicted octanol–water partition coefficient (Wildman–Crippen LogP) is -3.15. The van der Waals surface area contributed by atoms with Crippen LogP contribution in [0.2, 0.25) is 0 Å². The number of alkyl halides is 3. The van der Waals surface area contributed by atoms with Crippen LogP contribution in [-0.2, 0) is 14.2 Å². The fraction of sp³-hybridized carbons (Fsp3) is 1.00. The van der Waals surface area contributed by atoms with E-state index < -0.39 is 74.5 Å². The maximum Gasteiger partial charge on any atom is 0.330 e. The van der Waals surface area contributed by atoms with E-state index in [1.165, 1.54) is 0 Å². The molecule has 2 heterocycles. The van der Waals surface area contributed by atoms with Crippen LogP contribution in [0, 0.1) is 0 Å². The highest BCUT2D eigenvalue weighted by atomic mass is 19.3. The van der Waals surface area contributed by atoms with Crippen molar-refractivity contribution in [2.24, 2.45) is 0 Å². The molecule has 0 bridgehead atoms. The fourth-order valence-corrected chi connectivity index (χ4v) is 2.52. The molecule has 0 spiro atoms. The lowest BCUT2D eigenvalue weighted by atomic mass is 9.97. The van der Waals surface area contributed by atoms with E-state index in [1.54, 1.807) is 0 Å². The first-order valence-electron chi connectivity index (χ1n) is 7.07. The molecule has 0 amide bonds. The average molecular weight is 364 g/mol. The predicted molar refractivity (Wildman–Crippen MR) is 66.4 cm³/mol. The molecule has 24 heavy (non-hydrogen) atoms. The van der Waals surface area contributed by atoms with Gasteiger partial charge in [-0.15, -0.1) is 0 Å². The minimum absolute atomic E-state index is 0.791. The van der Waals surface area contributed by atoms with E-state index in [2.05, 4.69) is 4.74 Å². The van der Waals surface area contributed by atoms with Crippen molar-refractivity contribution in [2.45, 2.75) is 61.3 Å². The SMILES string of the molecule is OC[C@H]1O[C@H](O[C@@H]2[C@@H](CO)O[C@H](F)C(F)(F)[C@H]2O)[C@H](O)[C@@H](O)[C@@H]1O. The normalized spacial score (nSPS) is 49.1. The lowest BCUT2D eigenvalue weighted by molar-refractivity contribution is -0.372. The van der Waals surface area contributed by atoms with Crippen LogP contribution in [0.5, 0.6) is 0 Å².